The van der Waals surface area contributed by atoms with Crippen molar-refractivity contribution in [2.75, 3.05) is 0 Å². The van der Waals surface area contributed by atoms with Crippen molar-refractivity contribution in [1.29, 1.82) is 0 Å². The van der Waals surface area contributed by atoms with E-state index < -0.39 is 0 Å². The van der Waals surface area contributed by atoms with Crippen molar-refractivity contribution in [1.82, 2.24) is 0 Å². The third kappa shape index (κ3) is 2.56. The van der Waals surface area contributed by atoms with Gasteiger partial charge in [0.2, 0.25) is 0 Å². The van der Waals surface area contributed by atoms with E-state index in [1.165, 1.54) is 11.3 Å². The highest BCUT2D eigenvalue weighted by molar-refractivity contribution is 9.10. The number of hydrogen-bond acceptors (Lipinski definition) is 3. The van der Waals surface area contributed by atoms with Gasteiger partial charge in [-0.05, 0) is 41.8 Å². The Labute approximate surface area is 107 Å². The highest BCUT2D eigenvalue weighted by Gasteiger charge is 2.29. The van der Waals surface area contributed by atoms with Crippen molar-refractivity contribution in [2.24, 2.45) is 5.73 Å². The van der Waals surface area contributed by atoms with Crippen molar-refractivity contribution in [3.05, 3.63) is 19.8 Å². The van der Waals surface area contributed by atoms with Crippen LogP contribution in [-0.4, -0.2) is 12.2 Å². The molecule has 3 atom stereocenters. The van der Waals surface area contributed by atoms with Gasteiger partial charge in [-0.2, -0.15) is 0 Å². The molecule has 2 nitrogen and oxygen atoms in total. The quantitative estimate of drug-likeness (QED) is 0.903. The molecule has 1 aromatic rings. The average molecular weight is 311 g/mol. The summed E-state index contributed by atoms with van der Waals surface area (Å²) in [5.74, 6) is 0. The first-order valence-corrected chi connectivity index (χ1v) is 6.92. The zero-order valence-electron chi connectivity index (χ0n) is 8.37. The fourth-order valence-corrected chi connectivity index (χ4v) is 3.60. The van der Waals surface area contributed by atoms with Gasteiger partial charge < -0.3 is 10.5 Å². The predicted molar refractivity (Wildman–Crippen MR) is 67.5 cm³/mol. The lowest BCUT2D eigenvalue weighted by Crippen LogP contribution is -2.25. The minimum atomic E-state index is -0.0521. The Morgan fingerprint density at radius 2 is 2.40 bits per heavy atom. The summed E-state index contributed by atoms with van der Waals surface area (Å²) in [4.78, 5) is 1.09. The van der Waals surface area contributed by atoms with Gasteiger partial charge in [-0.3, -0.25) is 0 Å². The summed E-state index contributed by atoms with van der Waals surface area (Å²) in [6.45, 7) is 2.09. The van der Waals surface area contributed by atoms with E-state index in [0.717, 1.165) is 26.5 Å². The Bertz CT molecular complexity index is 338. The van der Waals surface area contributed by atoms with Crippen LogP contribution < -0.4 is 5.73 Å². The number of hydrogen-bond donors (Lipinski definition) is 1. The molecule has 84 valence electrons. The normalized spacial score (nSPS) is 28.3. The monoisotopic (exact) mass is 309 g/mol. The Balaban J connectivity index is 2.10. The Morgan fingerprint density at radius 3 is 2.87 bits per heavy atom. The largest absolute Gasteiger partial charge is 0.373 e. The van der Waals surface area contributed by atoms with E-state index in [4.69, 9.17) is 22.1 Å². The van der Waals surface area contributed by atoms with E-state index in [9.17, 15) is 0 Å². The molecule has 0 aromatic carbocycles. The van der Waals surface area contributed by atoms with E-state index in [1.807, 2.05) is 6.07 Å². The van der Waals surface area contributed by atoms with Gasteiger partial charge in [0.1, 0.15) is 4.34 Å². The van der Waals surface area contributed by atoms with Gasteiger partial charge in [0.05, 0.1) is 18.2 Å². The number of rotatable bonds is 2. The molecule has 2 heterocycles. The molecule has 2 rings (SSSR count). The van der Waals surface area contributed by atoms with Crippen LogP contribution in [0.4, 0.5) is 0 Å². The van der Waals surface area contributed by atoms with Gasteiger partial charge >= 0.3 is 0 Å². The van der Waals surface area contributed by atoms with Crippen LogP contribution in [-0.2, 0) is 4.74 Å². The molecule has 0 amide bonds. The van der Waals surface area contributed by atoms with Gasteiger partial charge in [0.25, 0.3) is 0 Å². The first-order valence-electron chi connectivity index (χ1n) is 4.93. The van der Waals surface area contributed by atoms with Crippen LogP contribution in [0.25, 0.3) is 0 Å². The lowest BCUT2D eigenvalue weighted by molar-refractivity contribution is 0.0408. The van der Waals surface area contributed by atoms with Crippen LogP contribution in [0.3, 0.4) is 0 Å². The van der Waals surface area contributed by atoms with E-state index in [1.54, 1.807) is 0 Å². The van der Waals surface area contributed by atoms with Crippen LogP contribution in [0.5, 0.6) is 0 Å². The van der Waals surface area contributed by atoms with E-state index in [-0.39, 0.29) is 12.1 Å². The third-order valence-electron chi connectivity index (χ3n) is 2.66. The second-order valence-corrected chi connectivity index (χ2v) is 6.40. The average Bonchev–Trinajstić information content (AvgIpc) is 2.74. The predicted octanol–water partition coefficient (Wildman–Crippen LogP) is 3.73. The molecule has 2 N–H and O–H groups in total. The molecular weight excluding hydrogens is 298 g/mol. The van der Waals surface area contributed by atoms with E-state index in [2.05, 4.69) is 22.9 Å². The minimum Gasteiger partial charge on any atom is -0.373 e. The van der Waals surface area contributed by atoms with Gasteiger partial charge in [0.15, 0.2) is 0 Å². The van der Waals surface area contributed by atoms with Crippen molar-refractivity contribution < 1.29 is 4.74 Å². The van der Waals surface area contributed by atoms with Gasteiger partial charge in [-0.25, -0.2) is 0 Å². The molecule has 0 saturated carbocycles. The van der Waals surface area contributed by atoms with Gasteiger partial charge in [-0.1, -0.05) is 11.6 Å². The van der Waals surface area contributed by atoms with Crippen LogP contribution in [0.1, 0.15) is 30.7 Å². The Kier molecular flexibility index (Phi) is 3.73. The molecule has 15 heavy (non-hydrogen) atoms. The molecule has 1 aromatic heterocycles. The fourth-order valence-electron chi connectivity index (χ4n) is 1.81. The van der Waals surface area contributed by atoms with Crippen molar-refractivity contribution in [3.8, 4) is 0 Å². The SMILES string of the molecule is CC1CCC(C(N)c2cc(Br)c(Cl)s2)O1. The highest BCUT2D eigenvalue weighted by Crippen LogP contribution is 2.38. The third-order valence-corrected chi connectivity index (χ3v) is 5.23. The smallest absolute Gasteiger partial charge is 0.107 e. The summed E-state index contributed by atoms with van der Waals surface area (Å²) in [5, 5.41) is 0. The zero-order chi connectivity index (χ0) is 11.0. The lowest BCUT2D eigenvalue weighted by atomic mass is 10.1. The van der Waals surface area contributed by atoms with Gasteiger partial charge in [0, 0.05) is 9.35 Å². The molecule has 0 aliphatic carbocycles. The number of thiophene rings is 1. The van der Waals surface area contributed by atoms with Crippen LogP contribution >= 0.6 is 38.9 Å². The topological polar surface area (TPSA) is 35.2 Å². The van der Waals surface area contributed by atoms with E-state index in [0.29, 0.717) is 6.10 Å². The molecule has 3 unspecified atom stereocenters. The first kappa shape index (κ1) is 11.9. The standard InChI is InChI=1S/C10H13BrClNOS/c1-5-2-3-7(14-5)9(13)8-4-6(11)10(12)15-8/h4-5,7,9H,2-3,13H2,1H3. The second-order valence-electron chi connectivity index (χ2n) is 3.86. The molecule has 0 radical (unpaired) electrons. The number of ether oxygens (including phenoxy) is 1. The number of halogens is 2. The van der Waals surface area contributed by atoms with Crippen molar-refractivity contribution in [2.45, 2.75) is 38.0 Å². The number of nitrogens with two attached hydrogens (primary N) is 1. The zero-order valence-corrected chi connectivity index (χ0v) is 11.5. The van der Waals surface area contributed by atoms with Crippen LogP contribution in [0.2, 0.25) is 4.34 Å². The first-order chi connectivity index (χ1) is 7.08. The Morgan fingerprint density at radius 1 is 1.67 bits per heavy atom. The molecule has 0 bridgehead atoms. The summed E-state index contributed by atoms with van der Waals surface area (Å²) in [6, 6.07) is 1.94. The maximum atomic E-state index is 6.15. The lowest BCUT2D eigenvalue weighted by Gasteiger charge is -2.17. The van der Waals surface area contributed by atoms with Crippen molar-refractivity contribution in [3.63, 3.8) is 0 Å². The fraction of sp³-hybridized carbons (Fsp3) is 0.600. The molecule has 1 saturated heterocycles. The second kappa shape index (κ2) is 4.72. The molecule has 0 spiro atoms. The molecule has 1 aliphatic heterocycles. The molecular formula is C10H13BrClNOS. The molecule has 1 aliphatic rings. The van der Waals surface area contributed by atoms with Gasteiger partial charge in [-0.15, -0.1) is 11.3 Å². The van der Waals surface area contributed by atoms with E-state index >= 15 is 0 Å². The van der Waals surface area contributed by atoms with Crippen molar-refractivity contribution >= 4 is 38.9 Å². The summed E-state index contributed by atoms with van der Waals surface area (Å²) in [6.07, 6.45) is 2.61. The summed E-state index contributed by atoms with van der Waals surface area (Å²) in [5.41, 5.74) is 6.15. The molecule has 5 heteroatoms. The maximum absolute atomic E-state index is 6.15. The highest BCUT2D eigenvalue weighted by atomic mass is 79.9. The summed E-state index contributed by atoms with van der Waals surface area (Å²) >= 11 is 10.9. The summed E-state index contributed by atoms with van der Waals surface area (Å²) < 4.78 is 7.43. The molecule has 1 fully saturated rings. The van der Waals surface area contributed by atoms with Crippen LogP contribution in [0.15, 0.2) is 10.5 Å². The Hall–Kier alpha value is 0.390. The van der Waals surface area contributed by atoms with Crippen LogP contribution in [0, 0.1) is 0 Å². The minimum absolute atomic E-state index is 0.0521. The maximum Gasteiger partial charge on any atom is 0.107 e. The summed E-state index contributed by atoms with van der Waals surface area (Å²) in [7, 11) is 0.